The average molecular weight is 455 g/mol. The maximum atomic E-state index is 13.9. The Morgan fingerprint density at radius 1 is 1.13 bits per heavy atom. The molecule has 0 heterocycles. The Hall–Kier alpha value is -2.69. The molecule has 2 rings (SSSR count). The number of amides is 1. The van der Waals surface area contributed by atoms with Crippen molar-refractivity contribution in [2.75, 3.05) is 20.8 Å². The third-order valence-electron chi connectivity index (χ3n) is 4.62. The Labute approximate surface area is 181 Å². The van der Waals surface area contributed by atoms with Crippen LogP contribution in [0.1, 0.15) is 25.5 Å². The summed E-state index contributed by atoms with van der Waals surface area (Å²) in [6, 6.07) is 8.59. The molecule has 0 saturated carbocycles. The fourth-order valence-corrected chi connectivity index (χ4v) is 4.33. The summed E-state index contributed by atoms with van der Waals surface area (Å²) in [5.41, 5.74) is 0.398. The van der Waals surface area contributed by atoms with Gasteiger partial charge in [0.15, 0.2) is 0 Å². The molecule has 0 aromatic heterocycles. The normalized spacial score (nSPS) is 13.5. The first-order valence-electron chi connectivity index (χ1n) is 9.55. The lowest BCUT2D eigenvalue weighted by Crippen LogP contribution is -2.50. The molecule has 2 aromatic carbocycles. The molecule has 1 amide bonds. The van der Waals surface area contributed by atoms with E-state index in [4.69, 9.17) is 9.47 Å². The van der Waals surface area contributed by atoms with Gasteiger partial charge in [0.25, 0.3) is 0 Å². The number of nitrogens with one attached hydrogen (secondary N) is 2. The Morgan fingerprint density at radius 3 is 2.39 bits per heavy atom. The van der Waals surface area contributed by atoms with Crippen LogP contribution < -0.4 is 19.5 Å². The lowest BCUT2D eigenvalue weighted by atomic mass is 10.0. The number of sulfonamides is 1. The lowest BCUT2D eigenvalue weighted by Gasteiger charge is -2.23. The average Bonchev–Trinajstić information content (AvgIpc) is 2.75. The van der Waals surface area contributed by atoms with E-state index in [0.717, 1.165) is 12.1 Å². The maximum Gasteiger partial charge on any atom is 0.244 e. The van der Waals surface area contributed by atoms with Crippen molar-refractivity contribution in [2.24, 2.45) is 5.92 Å². The van der Waals surface area contributed by atoms with Gasteiger partial charge in [-0.2, -0.15) is 4.72 Å². The summed E-state index contributed by atoms with van der Waals surface area (Å²) in [4.78, 5) is 12.1. The van der Waals surface area contributed by atoms with Gasteiger partial charge in [-0.25, -0.2) is 12.8 Å². The van der Waals surface area contributed by atoms with Crippen molar-refractivity contribution in [1.29, 1.82) is 0 Å². The summed E-state index contributed by atoms with van der Waals surface area (Å²) in [5.74, 6) is -1.11. The quantitative estimate of drug-likeness (QED) is 0.506. The number of aliphatic hydroxyl groups is 1. The topological polar surface area (TPSA) is 114 Å². The summed E-state index contributed by atoms with van der Waals surface area (Å²) in [6.45, 7) is 3.10. The number of aliphatic hydroxyl groups excluding tert-OH is 1. The van der Waals surface area contributed by atoms with Crippen LogP contribution in [0, 0.1) is 11.7 Å². The van der Waals surface area contributed by atoms with Gasteiger partial charge in [0.2, 0.25) is 15.9 Å². The number of methoxy groups -OCH3 is 2. The standard InChI is InChI=1S/C21H27FN2O6S/c1-13(2)20(24-31(27,28)19-8-6-5-7-16(19)22)21(26)23-12-17(25)15-11-14(29-3)9-10-18(15)30-4/h5-11,13,17,20,24-25H,12H2,1-4H3,(H,23,26)/t17?,20-/m0/s1. The SMILES string of the molecule is COc1ccc(OC)c(C(O)CNC(=O)[C@@H](NS(=O)(=O)c2ccccc2F)C(C)C)c1. The number of carbonyl (C=O) groups is 1. The molecule has 31 heavy (non-hydrogen) atoms. The Balaban J connectivity index is 2.14. The molecular weight excluding hydrogens is 427 g/mol. The monoisotopic (exact) mass is 454 g/mol. The van der Waals surface area contributed by atoms with E-state index in [-0.39, 0.29) is 6.54 Å². The van der Waals surface area contributed by atoms with Crippen molar-refractivity contribution in [2.45, 2.75) is 30.9 Å². The Morgan fingerprint density at radius 2 is 1.81 bits per heavy atom. The third kappa shape index (κ3) is 6.16. The van der Waals surface area contributed by atoms with Gasteiger partial charge in [-0.1, -0.05) is 26.0 Å². The molecule has 0 radical (unpaired) electrons. The zero-order valence-electron chi connectivity index (χ0n) is 17.8. The van der Waals surface area contributed by atoms with Crippen LogP contribution in [0.25, 0.3) is 0 Å². The van der Waals surface area contributed by atoms with Crippen molar-refractivity contribution in [3.8, 4) is 11.5 Å². The van der Waals surface area contributed by atoms with E-state index < -0.39 is 44.7 Å². The highest BCUT2D eigenvalue weighted by Gasteiger charge is 2.30. The van der Waals surface area contributed by atoms with Gasteiger partial charge in [0, 0.05) is 12.1 Å². The fraction of sp³-hybridized carbons (Fsp3) is 0.381. The van der Waals surface area contributed by atoms with E-state index in [1.807, 2.05) is 0 Å². The molecule has 0 aliphatic carbocycles. The maximum absolute atomic E-state index is 13.9. The minimum Gasteiger partial charge on any atom is -0.497 e. The van der Waals surface area contributed by atoms with Crippen molar-refractivity contribution in [3.63, 3.8) is 0 Å². The summed E-state index contributed by atoms with van der Waals surface area (Å²) in [6.07, 6.45) is -1.13. The van der Waals surface area contributed by atoms with Gasteiger partial charge in [-0.05, 0) is 36.2 Å². The minimum atomic E-state index is -4.28. The largest absolute Gasteiger partial charge is 0.497 e. The number of hydrogen-bond donors (Lipinski definition) is 3. The molecule has 8 nitrogen and oxygen atoms in total. The summed E-state index contributed by atoms with van der Waals surface area (Å²) in [7, 11) is -1.35. The number of rotatable bonds is 10. The predicted octanol–water partition coefficient (Wildman–Crippen LogP) is 2.00. The van der Waals surface area contributed by atoms with Crippen molar-refractivity contribution in [3.05, 3.63) is 53.8 Å². The van der Waals surface area contributed by atoms with Crippen LogP contribution in [0.15, 0.2) is 47.4 Å². The molecule has 0 aliphatic rings. The van der Waals surface area contributed by atoms with Crippen LogP contribution >= 0.6 is 0 Å². The third-order valence-corrected chi connectivity index (χ3v) is 6.10. The Kier molecular flexibility index (Phi) is 8.37. The molecule has 2 aromatic rings. The highest BCUT2D eigenvalue weighted by Crippen LogP contribution is 2.29. The van der Waals surface area contributed by atoms with Gasteiger partial charge in [0.1, 0.15) is 28.3 Å². The van der Waals surface area contributed by atoms with Crippen LogP contribution in [-0.4, -0.2) is 46.2 Å². The fourth-order valence-electron chi connectivity index (χ4n) is 2.90. The van der Waals surface area contributed by atoms with E-state index in [2.05, 4.69) is 10.0 Å². The molecule has 3 N–H and O–H groups in total. The van der Waals surface area contributed by atoms with Crippen molar-refractivity contribution < 1.29 is 32.2 Å². The van der Waals surface area contributed by atoms with E-state index in [1.54, 1.807) is 32.0 Å². The summed E-state index contributed by atoms with van der Waals surface area (Å²) >= 11 is 0. The van der Waals surface area contributed by atoms with E-state index in [1.165, 1.54) is 26.4 Å². The number of benzene rings is 2. The summed E-state index contributed by atoms with van der Waals surface area (Å²) < 4.78 is 51.7. The van der Waals surface area contributed by atoms with Crippen LogP contribution in [0.5, 0.6) is 11.5 Å². The second-order valence-corrected chi connectivity index (χ2v) is 8.82. The highest BCUT2D eigenvalue weighted by molar-refractivity contribution is 7.89. The molecule has 1 unspecified atom stereocenters. The van der Waals surface area contributed by atoms with Gasteiger partial charge in [-0.15, -0.1) is 0 Å². The van der Waals surface area contributed by atoms with Gasteiger partial charge in [-0.3, -0.25) is 4.79 Å². The zero-order chi connectivity index (χ0) is 23.2. The number of carbonyl (C=O) groups excluding carboxylic acids is 1. The molecule has 10 heteroatoms. The van der Waals surface area contributed by atoms with Crippen LogP contribution in [0.4, 0.5) is 4.39 Å². The second-order valence-electron chi connectivity index (χ2n) is 7.14. The molecule has 0 fully saturated rings. The second kappa shape index (κ2) is 10.6. The Bertz CT molecular complexity index is 1010. The van der Waals surface area contributed by atoms with Gasteiger partial charge < -0.3 is 19.9 Å². The molecule has 0 saturated heterocycles. The molecular formula is C21H27FN2O6S. The van der Waals surface area contributed by atoms with Crippen LogP contribution in [0.3, 0.4) is 0 Å². The molecule has 170 valence electrons. The van der Waals surface area contributed by atoms with Crippen molar-refractivity contribution >= 4 is 15.9 Å². The van der Waals surface area contributed by atoms with E-state index in [0.29, 0.717) is 17.1 Å². The van der Waals surface area contributed by atoms with Gasteiger partial charge >= 0.3 is 0 Å². The molecule has 0 aliphatic heterocycles. The van der Waals surface area contributed by atoms with Crippen molar-refractivity contribution in [1.82, 2.24) is 10.0 Å². The first kappa shape index (κ1) is 24.6. The molecule has 0 spiro atoms. The summed E-state index contributed by atoms with van der Waals surface area (Å²) in [5, 5.41) is 13.1. The number of halogens is 1. The van der Waals surface area contributed by atoms with E-state index in [9.17, 15) is 22.7 Å². The van der Waals surface area contributed by atoms with E-state index >= 15 is 0 Å². The number of hydrogen-bond acceptors (Lipinski definition) is 6. The highest BCUT2D eigenvalue weighted by atomic mass is 32.2. The lowest BCUT2D eigenvalue weighted by molar-refractivity contribution is -0.124. The number of ether oxygens (including phenoxy) is 2. The first-order valence-corrected chi connectivity index (χ1v) is 11.0. The molecule has 0 bridgehead atoms. The van der Waals surface area contributed by atoms with Gasteiger partial charge in [0.05, 0.1) is 20.3 Å². The van der Waals surface area contributed by atoms with Crippen LogP contribution in [-0.2, 0) is 14.8 Å². The zero-order valence-corrected chi connectivity index (χ0v) is 18.6. The first-order chi connectivity index (χ1) is 14.6. The molecule has 2 atom stereocenters. The minimum absolute atomic E-state index is 0.201. The smallest absolute Gasteiger partial charge is 0.244 e. The predicted molar refractivity (Wildman–Crippen MR) is 113 cm³/mol. The van der Waals surface area contributed by atoms with Crippen LogP contribution in [0.2, 0.25) is 0 Å².